The summed E-state index contributed by atoms with van der Waals surface area (Å²) in [6, 6.07) is 5.69. The van der Waals surface area contributed by atoms with Gasteiger partial charge in [-0.15, -0.1) is 11.3 Å². The van der Waals surface area contributed by atoms with E-state index >= 15 is 0 Å². The van der Waals surface area contributed by atoms with Gasteiger partial charge in [0.2, 0.25) is 0 Å². The Morgan fingerprint density at radius 3 is 2.67 bits per heavy atom. The molecule has 0 radical (unpaired) electrons. The molecule has 158 valence electrons. The number of aromatic nitrogens is 3. The zero-order valence-electron chi connectivity index (χ0n) is 17.2. The highest BCUT2D eigenvalue weighted by Crippen LogP contribution is 2.29. The minimum Gasteiger partial charge on any atom is -0.449 e. The van der Waals surface area contributed by atoms with Crippen LogP contribution in [0.1, 0.15) is 37.2 Å². The Morgan fingerprint density at radius 1 is 1.23 bits per heavy atom. The number of morpholine rings is 1. The van der Waals surface area contributed by atoms with E-state index in [9.17, 15) is 9.59 Å². The molecule has 3 aromatic rings. The van der Waals surface area contributed by atoms with Gasteiger partial charge >= 0.3 is 5.97 Å². The van der Waals surface area contributed by atoms with Gasteiger partial charge in [-0.2, -0.15) is 5.10 Å². The summed E-state index contributed by atoms with van der Waals surface area (Å²) in [5.41, 5.74) is 1.66. The zero-order valence-corrected chi connectivity index (χ0v) is 18.0. The van der Waals surface area contributed by atoms with Crippen molar-refractivity contribution in [3.8, 4) is 10.6 Å². The van der Waals surface area contributed by atoms with Gasteiger partial charge < -0.3 is 14.4 Å². The third-order valence-corrected chi connectivity index (χ3v) is 5.90. The van der Waals surface area contributed by atoms with Crippen molar-refractivity contribution in [3.05, 3.63) is 35.3 Å². The van der Waals surface area contributed by atoms with Crippen molar-refractivity contribution in [1.82, 2.24) is 19.7 Å². The van der Waals surface area contributed by atoms with E-state index in [1.54, 1.807) is 40.1 Å². The van der Waals surface area contributed by atoms with Crippen LogP contribution >= 0.6 is 11.3 Å². The average Bonchev–Trinajstić information content (AvgIpc) is 3.42. The van der Waals surface area contributed by atoms with Crippen molar-refractivity contribution >= 4 is 34.2 Å². The number of hydrogen-bond donors (Lipinski definition) is 0. The van der Waals surface area contributed by atoms with Gasteiger partial charge in [-0.25, -0.2) is 14.5 Å². The Morgan fingerprint density at radius 2 is 2.00 bits per heavy atom. The molecule has 1 aliphatic rings. The summed E-state index contributed by atoms with van der Waals surface area (Å²) < 4.78 is 12.6. The molecule has 4 heterocycles. The van der Waals surface area contributed by atoms with Crippen LogP contribution in [0.15, 0.2) is 29.8 Å². The first-order valence-corrected chi connectivity index (χ1v) is 10.8. The predicted molar refractivity (Wildman–Crippen MR) is 114 cm³/mol. The molecule has 9 heteroatoms. The predicted octanol–water partition coefficient (Wildman–Crippen LogP) is 3.14. The molecule has 0 aliphatic carbocycles. The minimum absolute atomic E-state index is 0.0827. The van der Waals surface area contributed by atoms with Gasteiger partial charge in [0.1, 0.15) is 0 Å². The van der Waals surface area contributed by atoms with E-state index in [1.165, 1.54) is 0 Å². The Labute approximate surface area is 178 Å². The second-order valence-electron chi connectivity index (χ2n) is 7.44. The molecule has 1 unspecified atom stereocenters. The number of thiophene rings is 1. The molecule has 3 aromatic heterocycles. The molecule has 0 saturated carbocycles. The maximum absolute atomic E-state index is 13.1. The molecule has 30 heavy (non-hydrogen) atoms. The molecule has 1 aliphatic heterocycles. The smallest absolute Gasteiger partial charge is 0.339 e. The number of amides is 1. The third kappa shape index (κ3) is 3.95. The normalized spacial score (nSPS) is 15.5. The fourth-order valence-electron chi connectivity index (χ4n) is 3.43. The summed E-state index contributed by atoms with van der Waals surface area (Å²) in [6.45, 7) is 7.62. The molecule has 0 spiro atoms. The van der Waals surface area contributed by atoms with Crippen molar-refractivity contribution in [2.45, 2.75) is 32.9 Å². The van der Waals surface area contributed by atoms with Crippen molar-refractivity contribution in [3.63, 3.8) is 0 Å². The number of fused-ring (bicyclic) bond motifs is 1. The lowest BCUT2D eigenvalue weighted by atomic mass is 10.1. The Bertz CT molecular complexity index is 1050. The van der Waals surface area contributed by atoms with Gasteiger partial charge in [0.05, 0.1) is 40.9 Å². The second kappa shape index (κ2) is 8.53. The maximum Gasteiger partial charge on any atom is 0.339 e. The first-order valence-electron chi connectivity index (χ1n) is 9.95. The second-order valence-corrected chi connectivity index (χ2v) is 8.39. The Hall–Kier alpha value is -2.78. The van der Waals surface area contributed by atoms with Crippen LogP contribution in [-0.4, -0.2) is 63.9 Å². The minimum atomic E-state index is -0.885. The number of rotatable bonds is 5. The number of nitrogens with zero attached hydrogens (tertiary/aromatic N) is 4. The number of hydrogen-bond acceptors (Lipinski definition) is 7. The van der Waals surface area contributed by atoms with Crippen molar-refractivity contribution in [1.29, 1.82) is 0 Å². The summed E-state index contributed by atoms with van der Waals surface area (Å²) in [7, 11) is 0. The van der Waals surface area contributed by atoms with E-state index < -0.39 is 12.1 Å². The van der Waals surface area contributed by atoms with Crippen molar-refractivity contribution < 1.29 is 19.1 Å². The van der Waals surface area contributed by atoms with Crippen LogP contribution in [0, 0.1) is 0 Å². The quantitative estimate of drug-likeness (QED) is 0.580. The number of esters is 1. The van der Waals surface area contributed by atoms with E-state index in [1.807, 2.05) is 31.4 Å². The molecule has 4 rings (SSSR count). The van der Waals surface area contributed by atoms with Crippen LogP contribution < -0.4 is 0 Å². The van der Waals surface area contributed by atoms with Gasteiger partial charge in [-0.3, -0.25) is 4.79 Å². The van der Waals surface area contributed by atoms with Gasteiger partial charge in [-0.1, -0.05) is 6.07 Å². The van der Waals surface area contributed by atoms with Gasteiger partial charge in [0, 0.05) is 19.1 Å². The standard InChI is InChI=1S/C21H24N4O4S/c1-13(2)25-19-16(12-22-25)15(11-17(23-19)18-5-4-10-30-18)21(27)29-14(3)20(26)24-6-8-28-9-7-24/h4-5,10-14H,6-9H2,1-3H3. The van der Waals surface area contributed by atoms with Crippen LogP contribution in [0.5, 0.6) is 0 Å². The summed E-state index contributed by atoms with van der Waals surface area (Å²) in [4.78, 5) is 33.1. The largest absolute Gasteiger partial charge is 0.449 e. The molecule has 1 saturated heterocycles. The fourth-order valence-corrected chi connectivity index (χ4v) is 4.12. The van der Waals surface area contributed by atoms with E-state index in [2.05, 4.69) is 5.10 Å². The molecule has 0 aromatic carbocycles. The van der Waals surface area contributed by atoms with Crippen LogP contribution in [0.4, 0.5) is 0 Å². The molecule has 1 amide bonds. The highest BCUT2D eigenvalue weighted by atomic mass is 32.1. The number of ether oxygens (including phenoxy) is 2. The van der Waals surface area contributed by atoms with Gasteiger partial charge in [-0.05, 0) is 38.3 Å². The van der Waals surface area contributed by atoms with Crippen molar-refractivity contribution in [2.75, 3.05) is 26.3 Å². The lowest BCUT2D eigenvalue weighted by Gasteiger charge is -2.29. The maximum atomic E-state index is 13.1. The molecule has 1 atom stereocenters. The fraction of sp³-hybridized carbons (Fsp3) is 0.429. The van der Waals surface area contributed by atoms with E-state index in [0.29, 0.717) is 48.6 Å². The van der Waals surface area contributed by atoms with Gasteiger partial charge in [0.15, 0.2) is 11.8 Å². The van der Waals surface area contributed by atoms with Crippen molar-refractivity contribution in [2.24, 2.45) is 0 Å². The molecular formula is C21H24N4O4S. The zero-order chi connectivity index (χ0) is 21.3. The summed E-state index contributed by atoms with van der Waals surface area (Å²) in [6.07, 6.45) is 0.745. The first kappa shape index (κ1) is 20.5. The monoisotopic (exact) mass is 428 g/mol. The average molecular weight is 429 g/mol. The number of carbonyl (C=O) groups is 2. The van der Waals surface area contributed by atoms with Gasteiger partial charge in [0.25, 0.3) is 5.91 Å². The highest BCUT2D eigenvalue weighted by Gasteiger charge is 2.27. The number of pyridine rings is 1. The molecule has 8 nitrogen and oxygen atoms in total. The Balaban J connectivity index is 1.66. The summed E-state index contributed by atoms with van der Waals surface area (Å²) >= 11 is 1.54. The highest BCUT2D eigenvalue weighted by molar-refractivity contribution is 7.13. The first-order chi connectivity index (χ1) is 14.5. The van der Waals surface area contributed by atoms with Crippen LogP contribution in [0.25, 0.3) is 21.6 Å². The molecule has 0 N–H and O–H groups in total. The van der Waals surface area contributed by atoms with Crippen LogP contribution in [-0.2, 0) is 14.3 Å². The molecular weight excluding hydrogens is 404 g/mol. The molecule has 0 bridgehead atoms. The van der Waals surface area contributed by atoms with Crippen LogP contribution in [0.3, 0.4) is 0 Å². The van der Waals surface area contributed by atoms with E-state index in [4.69, 9.17) is 14.5 Å². The third-order valence-electron chi connectivity index (χ3n) is 5.00. The van der Waals surface area contributed by atoms with E-state index in [0.717, 1.165) is 4.88 Å². The lowest BCUT2D eigenvalue weighted by Crippen LogP contribution is -2.46. The Kier molecular flexibility index (Phi) is 5.83. The number of carbonyl (C=O) groups excluding carboxylic acids is 2. The summed E-state index contributed by atoms with van der Waals surface area (Å²) in [5, 5.41) is 6.98. The summed E-state index contributed by atoms with van der Waals surface area (Å²) in [5.74, 6) is -0.772. The SMILES string of the molecule is CC(OC(=O)c1cc(-c2cccs2)nc2c1cnn2C(C)C)C(=O)N1CCOCC1. The molecule has 1 fully saturated rings. The topological polar surface area (TPSA) is 86.5 Å². The van der Waals surface area contributed by atoms with Crippen LogP contribution in [0.2, 0.25) is 0 Å². The lowest BCUT2D eigenvalue weighted by molar-refractivity contribution is -0.143. The van der Waals surface area contributed by atoms with E-state index in [-0.39, 0.29) is 11.9 Å².